The molecule has 1 aliphatic carbocycles. The molecular weight excluding hydrogens is 909 g/mol. The van der Waals surface area contributed by atoms with Gasteiger partial charge in [-0.05, 0) is 127 Å². The molecule has 75 heavy (non-hydrogen) atoms. The first-order valence-corrected chi connectivity index (χ1v) is 25.7. The highest BCUT2D eigenvalue weighted by Crippen LogP contribution is 2.64. The fourth-order valence-electron chi connectivity index (χ4n) is 12.3. The Balaban J connectivity index is 0.919. The van der Waals surface area contributed by atoms with Gasteiger partial charge in [0.2, 0.25) is 5.95 Å². The van der Waals surface area contributed by atoms with E-state index >= 15 is 0 Å². The molecular formula is C71H46N4. The van der Waals surface area contributed by atoms with Crippen molar-refractivity contribution in [3.05, 3.63) is 301 Å². The molecule has 1 aliphatic heterocycles. The maximum Gasteiger partial charge on any atom is 0.235 e. The lowest BCUT2D eigenvalue weighted by molar-refractivity contribution is 0.753. The van der Waals surface area contributed by atoms with Crippen molar-refractivity contribution in [1.29, 1.82) is 0 Å². The summed E-state index contributed by atoms with van der Waals surface area (Å²) in [6.45, 7) is 0. The first-order valence-electron chi connectivity index (χ1n) is 25.7. The van der Waals surface area contributed by atoms with E-state index in [1.807, 2.05) is 12.1 Å². The molecule has 0 atom stereocenters. The summed E-state index contributed by atoms with van der Waals surface area (Å²) in [4.78, 5) is 13.1. The number of benzene rings is 11. The van der Waals surface area contributed by atoms with Crippen molar-refractivity contribution in [3.63, 3.8) is 0 Å². The Morgan fingerprint density at radius 2 is 0.747 bits per heavy atom. The summed E-state index contributed by atoms with van der Waals surface area (Å²) in [5.41, 5.74) is 23.4. The van der Waals surface area contributed by atoms with Crippen LogP contribution in [0.1, 0.15) is 22.3 Å². The summed E-state index contributed by atoms with van der Waals surface area (Å²) < 4.78 is 2.24. The molecule has 4 heteroatoms. The first kappa shape index (κ1) is 42.8. The number of para-hydroxylation sites is 3. The molecule has 1 spiro atoms. The fourth-order valence-corrected chi connectivity index (χ4v) is 12.3. The van der Waals surface area contributed by atoms with Crippen molar-refractivity contribution >= 4 is 38.9 Å². The van der Waals surface area contributed by atoms with E-state index in [-0.39, 0.29) is 0 Å². The van der Waals surface area contributed by atoms with Gasteiger partial charge in [-0.25, -0.2) is 9.97 Å². The number of anilines is 3. The third-order valence-corrected chi connectivity index (χ3v) is 15.6. The predicted octanol–water partition coefficient (Wildman–Crippen LogP) is 18.1. The van der Waals surface area contributed by atoms with Crippen molar-refractivity contribution < 1.29 is 0 Å². The van der Waals surface area contributed by atoms with E-state index in [2.05, 4.69) is 276 Å². The molecule has 0 bridgehead atoms. The summed E-state index contributed by atoms with van der Waals surface area (Å²) in [7, 11) is 0. The van der Waals surface area contributed by atoms with Crippen LogP contribution in [0.3, 0.4) is 0 Å². The van der Waals surface area contributed by atoms with Crippen LogP contribution in [0.15, 0.2) is 279 Å². The lowest BCUT2D eigenvalue weighted by Crippen LogP contribution is -2.36. The van der Waals surface area contributed by atoms with Gasteiger partial charge in [-0.3, -0.25) is 4.57 Å². The molecule has 350 valence electrons. The Morgan fingerprint density at radius 3 is 1.36 bits per heavy atom. The average Bonchev–Trinajstić information content (AvgIpc) is 4.07. The SMILES string of the molecule is c1ccc(-c2cc(-c3ccccc3)cc(N3c4ccccc4C4(c5ccccc5-c5ccc(-c6ccc7c(c6)c6ccccc6n7-c6nc(-c7ccccc7)cc(-c7ccccc7)n6)cc54)c4ccccc43)c2)cc1. The lowest BCUT2D eigenvalue weighted by atomic mass is 9.64. The van der Waals surface area contributed by atoms with E-state index in [1.54, 1.807) is 0 Å². The van der Waals surface area contributed by atoms with Crippen LogP contribution in [0.5, 0.6) is 0 Å². The van der Waals surface area contributed by atoms with Crippen molar-refractivity contribution in [3.8, 4) is 73.0 Å². The highest BCUT2D eigenvalue weighted by molar-refractivity contribution is 6.10. The van der Waals surface area contributed by atoms with E-state index in [1.165, 1.54) is 55.6 Å². The zero-order valence-electron chi connectivity index (χ0n) is 40.8. The molecule has 0 fully saturated rings. The highest BCUT2D eigenvalue weighted by atomic mass is 15.2. The summed E-state index contributed by atoms with van der Waals surface area (Å²) >= 11 is 0. The number of aromatic nitrogens is 3. The van der Waals surface area contributed by atoms with Gasteiger partial charge in [0.05, 0.1) is 39.2 Å². The van der Waals surface area contributed by atoms with E-state index in [4.69, 9.17) is 9.97 Å². The Hall–Kier alpha value is -9.90. The first-order chi connectivity index (χ1) is 37.2. The highest BCUT2D eigenvalue weighted by Gasteiger charge is 2.51. The molecule has 0 N–H and O–H groups in total. The standard InChI is InChI=1S/C71H46N4/c1-5-21-47(22-6-1)53-41-54(48-23-7-2-8-24-48)43-55(42-53)74-68-35-19-16-32-61(68)71(62-33-17-20-36-69(62)74)60-31-15-13-29-56(60)57-39-37-52(45-63(57)71)51-38-40-67-59(44-51)58-30-14-18-34-66(58)75(67)70-72-64(49-25-9-3-10-26-49)46-65(73-70)50-27-11-4-12-28-50/h1-46H. The van der Waals surface area contributed by atoms with E-state index in [0.717, 1.165) is 72.5 Å². The van der Waals surface area contributed by atoms with E-state index < -0.39 is 5.41 Å². The summed E-state index contributed by atoms with van der Waals surface area (Å²) in [5, 5.41) is 2.30. The molecule has 13 aromatic rings. The van der Waals surface area contributed by atoms with Crippen LogP contribution in [0, 0.1) is 0 Å². The number of hydrogen-bond acceptors (Lipinski definition) is 3. The van der Waals surface area contributed by atoms with Crippen LogP contribution >= 0.6 is 0 Å². The second-order valence-electron chi connectivity index (χ2n) is 19.7. The van der Waals surface area contributed by atoms with Crippen molar-refractivity contribution in [1.82, 2.24) is 14.5 Å². The van der Waals surface area contributed by atoms with E-state index in [0.29, 0.717) is 5.95 Å². The van der Waals surface area contributed by atoms with Gasteiger partial charge in [0, 0.05) is 27.6 Å². The maximum absolute atomic E-state index is 5.31. The third-order valence-electron chi connectivity index (χ3n) is 15.6. The second-order valence-corrected chi connectivity index (χ2v) is 19.7. The van der Waals surface area contributed by atoms with Crippen LogP contribution in [0.2, 0.25) is 0 Å². The van der Waals surface area contributed by atoms with Crippen molar-refractivity contribution in [2.75, 3.05) is 4.90 Å². The quantitative estimate of drug-likeness (QED) is 0.160. The molecule has 0 saturated heterocycles. The molecule has 15 rings (SSSR count). The van der Waals surface area contributed by atoms with Crippen LogP contribution in [-0.4, -0.2) is 14.5 Å². The largest absolute Gasteiger partial charge is 0.310 e. The molecule has 0 amide bonds. The van der Waals surface area contributed by atoms with Gasteiger partial charge in [0.1, 0.15) is 0 Å². The minimum absolute atomic E-state index is 0.609. The molecule has 0 radical (unpaired) electrons. The molecule has 0 saturated carbocycles. The van der Waals surface area contributed by atoms with Gasteiger partial charge >= 0.3 is 0 Å². The molecule has 2 aromatic heterocycles. The Bertz CT molecular complexity index is 4190. The number of nitrogens with zero attached hydrogens (tertiary/aromatic N) is 4. The van der Waals surface area contributed by atoms with Gasteiger partial charge in [0.15, 0.2) is 0 Å². The molecule has 4 nitrogen and oxygen atoms in total. The number of rotatable bonds is 7. The van der Waals surface area contributed by atoms with Gasteiger partial charge in [0.25, 0.3) is 0 Å². The average molecular weight is 955 g/mol. The predicted molar refractivity (Wildman–Crippen MR) is 309 cm³/mol. The minimum atomic E-state index is -0.609. The summed E-state index contributed by atoms with van der Waals surface area (Å²) in [5.74, 6) is 0.637. The van der Waals surface area contributed by atoms with Crippen LogP contribution in [0.4, 0.5) is 17.1 Å². The molecule has 2 aliphatic rings. The zero-order valence-corrected chi connectivity index (χ0v) is 40.8. The zero-order chi connectivity index (χ0) is 49.5. The molecule has 0 unspecified atom stereocenters. The number of fused-ring (bicyclic) bond motifs is 12. The normalized spacial score (nSPS) is 12.9. The fraction of sp³-hybridized carbons (Fsp3) is 0.0141. The second kappa shape index (κ2) is 17.1. The smallest absolute Gasteiger partial charge is 0.235 e. The minimum Gasteiger partial charge on any atom is -0.310 e. The van der Waals surface area contributed by atoms with E-state index in [9.17, 15) is 0 Å². The Labute approximate surface area is 435 Å². The monoisotopic (exact) mass is 954 g/mol. The number of hydrogen-bond donors (Lipinski definition) is 0. The van der Waals surface area contributed by atoms with Crippen LogP contribution < -0.4 is 4.90 Å². The van der Waals surface area contributed by atoms with Gasteiger partial charge in [-0.1, -0.05) is 218 Å². The van der Waals surface area contributed by atoms with Crippen molar-refractivity contribution in [2.24, 2.45) is 0 Å². The van der Waals surface area contributed by atoms with Gasteiger partial charge in [-0.2, -0.15) is 0 Å². The lowest BCUT2D eigenvalue weighted by Gasteiger charge is -2.45. The summed E-state index contributed by atoms with van der Waals surface area (Å²) in [6, 6.07) is 102. The molecule has 11 aromatic carbocycles. The Kier molecular flexibility index (Phi) is 9.76. The summed E-state index contributed by atoms with van der Waals surface area (Å²) in [6.07, 6.45) is 0. The Morgan fingerprint density at radius 1 is 0.280 bits per heavy atom. The third kappa shape index (κ3) is 6.70. The van der Waals surface area contributed by atoms with Gasteiger partial charge < -0.3 is 4.90 Å². The van der Waals surface area contributed by atoms with Gasteiger partial charge in [-0.15, -0.1) is 0 Å². The van der Waals surface area contributed by atoms with Crippen LogP contribution in [-0.2, 0) is 5.41 Å². The molecule has 3 heterocycles. The topological polar surface area (TPSA) is 34.0 Å². The van der Waals surface area contributed by atoms with Crippen molar-refractivity contribution in [2.45, 2.75) is 5.41 Å². The van der Waals surface area contributed by atoms with Crippen LogP contribution in [0.25, 0.3) is 94.8 Å². The maximum atomic E-state index is 5.31.